The van der Waals surface area contributed by atoms with Crippen molar-refractivity contribution >= 4 is 15.8 Å². The number of sulfone groups is 1. The highest BCUT2D eigenvalue weighted by Crippen LogP contribution is 2.13. The lowest BCUT2D eigenvalue weighted by Gasteiger charge is -2.18. The summed E-state index contributed by atoms with van der Waals surface area (Å²) < 4.78 is 23.0. The third-order valence-electron chi connectivity index (χ3n) is 4.29. The number of hydrogen-bond donors (Lipinski definition) is 3. The molecule has 0 saturated carbocycles. The van der Waals surface area contributed by atoms with Crippen LogP contribution in [0.4, 0.5) is 0 Å². The monoisotopic (exact) mass is 389 g/mol. The van der Waals surface area contributed by atoms with Gasteiger partial charge < -0.3 is 15.7 Å². The molecule has 0 spiro atoms. The van der Waals surface area contributed by atoms with Crippen LogP contribution in [0.15, 0.2) is 64.5 Å². The van der Waals surface area contributed by atoms with Crippen molar-refractivity contribution in [1.82, 2.24) is 10.6 Å². The Bertz CT molecular complexity index is 835. The van der Waals surface area contributed by atoms with E-state index in [-0.39, 0.29) is 12.5 Å². The minimum atomic E-state index is -3.16. The molecule has 1 unspecified atom stereocenters. The zero-order valence-corrected chi connectivity index (χ0v) is 16.5. The second kappa shape index (κ2) is 10.1. The lowest BCUT2D eigenvalue weighted by atomic mass is 10.0. The number of benzene rings is 2. The van der Waals surface area contributed by atoms with Crippen LogP contribution in [0.2, 0.25) is 0 Å². The van der Waals surface area contributed by atoms with Gasteiger partial charge in [0.25, 0.3) is 0 Å². The van der Waals surface area contributed by atoms with Gasteiger partial charge in [-0.2, -0.15) is 0 Å². The molecule has 6 nitrogen and oxygen atoms in total. The van der Waals surface area contributed by atoms with Gasteiger partial charge >= 0.3 is 0 Å². The van der Waals surface area contributed by atoms with Crippen molar-refractivity contribution in [3.05, 3.63) is 65.7 Å². The molecule has 7 heteroatoms. The van der Waals surface area contributed by atoms with E-state index in [1.54, 1.807) is 19.2 Å². The molecule has 0 heterocycles. The molecule has 1 atom stereocenters. The van der Waals surface area contributed by atoms with Gasteiger partial charge in [0, 0.05) is 32.3 Å². The topological polar surface area (TPSA) is 90.8 Å². The average molecular weight is 390 g/mol. The molecule has 0 aromatic heterocycles. The molecule has 0 amide bonds. The molecule has 0 aliphatic carbocycles. The van der Waals surface area contributed by atoms with Crippen molar-refractivity contribution < 1.29 is 13.5 Å². The van der Waals surface area contributed by atoms with Gasteiger partial charge in [-0.25, -0.2) is 8.42 Å². The van der Waals surface area contributed by atoms with Crippen molar-refractivity contribution in [3.8, 4) is 0 Å². The number of hydrogen-bond acceptors (Lipinski definition) is 4. The summed E-state index contributed by atoms with van der Waals surface area (Å²) >= 11 is 0. The molecule has 146 valence electrons. The van der Waals surface area contributed by atoms with E-state index < -0.39 is 9.84 Å². The second-order valence-corrected chi connectivity index (χ2v) is 8.35. The maximum Gasteiger partial charge on any atom is 0.191 e. The Kier molecular flexibility index (Phi) is 7.82. The fourth-order valence-electron chi connectivity index (χ4n) is 2.68. The first-order chi connectivity index (χ1) is 12.9. The van der Waals surface area contributed by atoms with Gasteiger partial charge in [-0.05, 0) is 29.7 Å². The highest BCUT2D eigenvalue weighted by molar-refractivity contribution is 7.90. The van der Waals surface area contributed by atoms with Gasteiger partial charge in [-0.1, -0.05) is 42.5 Å². The van der Waals surface area contributed by atoms with Gasteiger partial charge in [0.2, 0.25) is 0 Å². The Labute approximate surface area is 161 Å². The summed E-state index contributed by atoms with van der Waals surface area (Å²) in [7, 11) is -1.46. The predicted octanol–water partition coefficient (Wildman–Crippen LogP) is 1.57. The standard InChI is InChI=1S/C20H27N3O3S/c1-21-20(23-14-18(15-24)17-6-4-3-5-7-17)22-13-12-16-8-10-19(11-9-16)27(2,25)26/h3-11,18,24H,12-15H2,1-2H3,(H2,21,22,23). The summed E-state index contributed by atoms with van der Waals surface area (Å²) in [4.78, 5) is 4.53. The maximum atomic E-state index is 11.5. The van der Waals surface area contributed by atoms with Crippen molar-refractivity contribution in [2.75, 3.05) is 33.0 Å². The summed E-state index contributed by atoms with van der Waals surface area (Å²) in [5.74, 6) is 0.658. The lowest BCUT2D eigenvalue weighted by molar-refractivity contribution is 0.265. The Morgan fingerprint density at radius 1 is 1.07 bits per heavy atom. The molecule has 0 aliphatic heterocycles. The van der Waals surface area contributed by atoms with Crippen molar-refractivity contribution in [2.45, 2.75) is 17.2 Å². The van der Waals surface area contributed by atoms with Crippen LogP contribution in [0, 0.1) is 0 Å². The first-order valence-corrected chi connectivity index (χ1v) is 10.7. The van der Waals surface area contributed by atoms with E-state index in [1.807, 2.05) is 42.5 Å². The molecule has 0 bridgehead atoms. The molecule has 0 fully saturated rings. The molecule has 0 saturated heterocycles. The Hall–Kier alpha value is -2.38. The molecule has 3 N–H and O–H groups in total. The van der Waals surface area contributed by atoms with Gasteiger partial charge in [-0.15, -0.1) is 0 Å². The largest absolute Gasteiger partial charge is 0.396 e. The number of nitrogens with one attached hydrogen (secondary N) is 2. The Balaban J connectivity index is 1.82. The molecule has 27 heavy (non-hydrogen) atoms. The molecule has 2 aromatic rings. The van der Waals surface area contributed by atoms with Crippen LogP contribution in [0.5, 0.6) is 0 Å². The van der Waals surface area contributed by atoms with Gasteiger partial charge in [-0.3, -0.25) is 4.99 Å². The Morgan fingerprint density at radius 3 is 2.30 bits per heavy atom. The second-order valence-electron chi connectivity index (χ2n) is 6.34. The summed E-state index contributed by atoms with van der Waals surface area (Å²) in [5.41, 5.74) is 2.12. The van der Waals surface area contributed by atoms with Crippen LogP contribution in [0.25, 0.3) is 0 Å². The molecule has 2 rings (SSSR count). The molecule has 2 aromatic carbocycles. The molecule has 0 radical (unpaired) electrons. The van der Waals surface area contributed by atoms with Crippen molar-refractivity contribution in [2.24, 2.45) is 4.99 Å². The van der Waals surface area contributed by atoms with E-state index in [1.165, 1.54) is 6.26 Å². The zero-order chi connectivity index (χ0) is 19.7. The van der Waals surface area contributed by atoms with Crippen molar-refractivity contribution in [1.29, 1.82) is 0 Å². The summed E-state index contributed by atoms with van der Waals surface area (Å²) in [6.45, 7) is 1.29. The van der Waals surface area contributed by atoms with E-state index in [4.69, 9.17) is 0 Å². The zero-order valence-electron chi connectivity index (χ0n) is 15.7. The SMILES string of the molecule is CN=C(NCCc1ccc(S(C)(=O)=O)cc1)NCC(CO)c1ccccc1. The predicted molar refractivity (Wildman–Crippen MR) is 109 cm³/mol. The number of aliphatic hydroxyl groups excluding tert-OH is 1. The van der Waals surface area contributed by atoms with Gasteiger partial charge in [0.05, 0.1) is 11.5 Å². The smallest absolute Gasteiger partial charge is 0.191 e. The maximum absolute atomic E-state index is 11.5. The number of guanidine groups is 1. The normalized spacial score (nSPS) is 13.2. The molecular formula is C20H27N3O3S. The number of aliphatic imine (C=N–C) groups is 1. The quantitative estimate of drug-likeness (QED) is 0.471. The molecular weight excluding hydrogens is 362 g/mol. The van der Waals surface area contributed by atoms with Gasteiger partial charge in [0.15, 0.2) is 15.8 Å². The van der Waals surface area contributed by atoms with E-state index in [0.717, 1.165) is 17.5 Å². The average Bonchev–Trinajstić information content (AvgIpc) is 2.67. The fourth-order valence-corrected chi connectivity index (χ4v) is 3.31. The minimum absolute atomic E-state index is 0.00622. The Morgan fingerprint density at radius 2 is 1.74 bits per heavy atom. The third kappa shape index (κ3) is 6.69. The highest BCUT2D eigenvalue weighted by Gasteiger charge is 2.11. The minimum Gasteiger partial charge on any atom is -0.396 e. The van der Waals surface area contributed by atoms with Crippen LogP contribution in [-0.2, 0) is 16.3 Å². The summed E-state index contributed by atoms with van der Waals surface area (Å²) in [5, 5.41) is 16.1. The summed E-state index contributed by atoms with van der Waals surface area (Å²) in [6, 6.07) is 16.8. The van der Waals surface area contributed by atoms with E-state index in [9.17, 15) is 13.5 Å². The highest BCUT2D eigenvalue weighted by atomic mass is 32.2. The van der Waals surface area contributed by atoms with E-state index >= 15 is 0 Å². The fraction of sp³-hybridized carbons (Fsp3) is 0.350. The first kappa shape index (κ1) is 20.9. The van der Waals surface area contributed by atoms with Crippen LogP contribution in [-0.4, -0.2) is 52.5 Å². The third-order valence-corrected chi connectivity index (χ3v) is 5.42. The van der Waals surface area contributed by atoms with Crippen LogP contribution in [0.3, 0.4) is 0 Å². The van der Waals surface area contributed by atoms with Gasteiger partial charge in [0.1, 0.15) is 0 Å². The first-order valence-electron chi connectivity index (χ1n) is 8.83. The molecule has 0 aliphatic rings. The van der Waals surface area contributed by atoms with Crippen LogP contribution in [0.1, 0.15) is 17.0 Å². The lowest BCUT2D eigenvalue weighted by Crippen LogP contribution is -2.40. The number of aliphatic hydroxyl groups is 1. The van der Waals surface area contributed by atoms with E-state index in [2.05, 4.69) is 15.6 Å². The van der Waals surface area contributed by atoms with Crippen molar-refractivity contribution in [3.63, 3.8) is 0 Å². The number of rotatable bonds is 8. The van der Waals surface area contributed by atoms with Crippen LogP contribution >= 0.6 is 0 Å². The van der Waals surface area contributed by atoms with E-state index in [0.29, 0.717) is 23.9 Å². The van der Waals surface area contributed by atoms with Crippen LogP contribution < -0.4 is 10.6 Å². The summed E-state index contributed by atoms with van der Waals surface area (Å²) in [6.07, 6.45) is 1.95. The number of nitrogens with zero attached hydrogens (tertiary/aromatic N) is 1.